The van der Waals surface area contributed by atoms with E-state index in [0.717, 1.165) is 0 Å². The second-order valence-corrected chi connectivity index (χ2v) is 6.85. The average Bonchev–Trinajstić information content (AvgIpc) is 2.61. The molecule has 156 valence electrons. The molecule has 2 aromatic carbocycles. The summed E-state index contributed by atoms with van der Waals surface area (Å²) in [7, 11) is 1.47. The van der Waals surface area contributed by atoms with Crippen LogP contribution in [0.4, 0.5) is 13.2 Å². The Hall–Kier alpha value is -2.74. The zero-order valence-electron chi connectivity index (χ0n) is 15.8. The van der Waals surface area contributed by atoms with Gasteiger partial charge in [-0.15, -0.1) is 13.2 Å². The van der Waals surface area contributed by atoms with E-state index in [1.54, 1.807) is 30.3 Å². The first-order valence-corrected chi connectivity index (χ1v) is 9.03. The molecule has 5 nitrogen and oxygen atoms in total. The Morgan fingerprint density at radius 2 is 1.76 bits per heavy atom. The van der Waals surface area contributed by atoms with Gasteiger partial charge in [0.2, 0.25) is 11.8 Å². The summed E-state index contributed by atoms with van der Waals surface area (Å²) in [4.78, 5) is 25.5. The number of carbonyl (C=O) groups is 2. The molecular weight excluding hydrogens is 409 g/mol. The summed E-state index contributed by atoms with van der Waals surface area (Å²) >= 11 is 5.87. The highest BCUT2D eigenvalue weighted by Crippen LogP contribution is 2.27. The SMILES string of the molecule is CC(=O)NC(CC(=O)N(C)Cc1ccccc1OC(F)(F)F)c1ccc(Cl)cc1. The third kappa shape index (κ3) is 7.30. The van der Waals surface area contributed by atoms with Gasteiger partial charge in [0.05, 0.1) is 12.5 Å². The van der Waals surface area contributed by atoms with Gasteiger partial charge in [-0.2, -0.15) is 0 Å². The Morgan fingerprint density at radius 1 is 1.14 bits per heavy atom. The second kappa shape index (κ2) is 9.65. The van der Waals surface area contributed by atoms with Crippen molar-refractivity contribution in [1.29, 1.82) is 0 Å². The van der Waals surface area contributed by atoms with Gasteiger partial charge in [0.25, 0.3) is 0 Å². The minimum atomic E-state index is -4.83. The molecule has 0 saturated heterocycles. The van der Waals surface area contributed by atoms with Gasteiger partial charge in [0.15, 0.2) is 0 Å². The monoisotopic (exact) mass is 428 g/mol. The van der Waals surface area contributed by atoms with Gasteiger partial charge < -0.3 is 15.0 Å². The maximum atomic E-state index is 12.7. The van der Waals surface area contributed by atoms with Crippen molar-refractivity contribution in [3.63, 3.8) is 0 Å². The molecule has 9 heteroatoms. The summed E-state index contributed by atoms with van der Waals surface area (Å²) in [6.45, 7) is 1.25. The van der Waals surface area contributed by atoms with E-state index in [4.69, 9.17) is 11.6 Å². The fraction of sp³-hybridized carbons (Fsp3) is 0.300. The number of rotatable bonds is 7. The molecule has 29 heavy (non-hydrogen) atoms. The first-order chi connectivity index (χ1) is 13.5. The highest BCUT2D eigenvalue weighted by atomic mass is 35.5. The predicted molar refractivity (Wildman–Crippen MR) is 102 cm³/mol. The molecule has 1 atom stereocenters. The molecule has 2 amide bonds. The van der Waals surface area contributed by atoms with Gasteiger partial charge in [-0.1, -0.05) is 41.9 Å². The molecule has 0 aliphatic carbocycles. The number of nitrogens with one attached hydrogen (secondary N) is 1. The molecule has 0 aliphatic rings. The largest absolute Gasteiger partial charge is 0.573 e. The molecule has 0 radical (unpaired) electrons. The van der Waals surface area contributed by atoms with Crippen LogP contribution in [-0.2, 0) is 16.1 Å². The maximum Gasteiger partial charge on any atom is 0.573 e. The van der Waals surface area contributed by atoms with E-state index < -0.39 is 12.4 Å². The Morgan fingerprint density at radius 3 is 2.34 bits per heavy atom. The van der Waals surface area contributed by atoms with Crippen LogP contribution in [0.3, 0.4) is 0 Å². The van der Waals surface area contributed by atoms with Gasteiger partial charge >= 0.3 is 6.36 Å². The summed E-state index contributed by atoms with van der Waals surface area (Å²) < 4.78 is 41.7. The molecular formula is C20H20ClF3N2O3. The predicted octanol–water partition coefficient (Wildman–Crippen LogP) is 4.46. The van der Waals surface area contributed by atoms with Crippen molar-refractivity contribution in [2.75, 3.05) is 7.05 Å². The minimum Gasteiger partial charge on any atom is -0.405 e. The van der Waals surface area contributed by atoms with Crippen molar-refractivity contribution < 1.29 is 27.5 Å². The number of nitrogens with zero attached hydrogens (tertiary/aromatic N) is 1. The molecule has 1 unspecified atom stereocenters. The van der Waals surface area contributed by atoms with Crippen molar-refractivity contribution in [3.05, 3.63) is 64.7 Å². The molecule has 0 aromatic heterocycles. The average molecular weight is 429 g/mol. The van der Waals surface area contributed by atoms with Gasteiger partial charge in [-0.05, 0) is 23.8 Å². The van der Waals surface area contributed by atoms with Crippen LogP contribution >= 0.6 is 11.6 Å². The van der Waals surface area contributed by atoms with Gasteiger partial charge in [0.1, 0.15) is 5.75 Å². The van der Waals surface area contributed by atoms with Crippen LogP contribution in [0.15, 0.2) is 48.5 Å². The van der Waals surface area contributed by atoms with E-state index in [0.29, 0.717) is 10.6 Å². The van der Waals surface area contributed by atoms with Crippen molar-refractivity contribution in [3.8, 4) is 5.75 Å². The Labute approximate surface area is 171 Å². The van der Waals surface area contributed by atoms with Crippen molar-refractivity contribution in [2.24, 2.45) is 0 Å². The van der Waals surface area contributed by atoms with Crippen LogP contribution < -0.4 is 10.1 Å². The molecule has 0 saturated carbocycles. The minimum absolute atomic E-state index is 0.0694. The Kier molecular flexibility index (Phi) is 7.50. The lowest BCUT2D eigenvalue weighted by molar-refractivity contribution is -0.275. The van der Waals surface area contributed by atoms with Crippen LogP contribution in [0, 0.1) is 0 Å². The molecule has 1 N–H and O–H groups in total. The number of ether oxygens (including phenoxy) is 1. The fourth-order valence-corrected chi connectivity index (χ4v) is 2.85. The lowest BCUT2D eigenvalue weighted by Gasteiger charge is -2.23. The number of hydrogen-bond donors (Lipinski definition) is 1. The zero-order chi connectivity index (χ0) is 21.6. The number of benzene rings is 2. The third-order valence-electron chi connectivity index (χ3n) is 4.06. The van der Waals surface area contributed by atoms with Crippen molar-refractivity contribution in [2.45, 2.75) is 32.3 Å². The van der Waals surface area contributed by atoms with Crippen LogP contribution in [0.5, 0.6) is 5.75 Å². The van der Waals surface area contributed by atoms with Crippen molar-refractivity contribution in [1.82, 2.24) is 10.2 Å². The molecule has 0 spiro atoms. The van der Waals surface area contributed by atoms with Gasteiger partial charge in [-0.25, -0.2) is 0 Å². The summed E-state index contributed by atoms with van der Waals surface area (Å²) in [5.74, 6) is -1.04. The first-order valence-electron chi connectivity index (χ1n) is 8.65. The Balaban J connectivity index is 2.12. The quantitative estimate of drug-likeness (QED) is 0.708. The normalized spacial score (nSPS) is 12.2. The number of para-hydroxylation sites is 1. The molecule has 0 fully saturated rings. The smallest absolute Gasteiger partial charge is 0.405 e. The number of hydrogen-bond acceptors (Lipinski definition) is 3. The van der Waals surface area contributed by atoms with E-state index >= 15 is 0 Å². The number of carbonyl (C=O) groups excluding carboxylic acids is 2. The molecule has 0 aliphatic heterocycles. The molecule has 0 bridgehead atoms. The van der Waals surface area contributed by atoms with Gasteiger partial charge in [-0.3, -0.25) is 9.59 Å². The lowest BCUT2D eigenvalue weighted by Crippen LogP contribution is -2.33. The second-order valence-electron chi connectivity index (χ2n) is 6.41. The van der Waals surface area contributed by atoms with E-state index in [1.807, 2.05) is 0 Å². The summed E-state index contributed by atoms with van der Waals surface area (Å²) in [6.07, 6.45) is -4.90. The topological polar surface area (TPSA) is 58.6 Å². The highest BCUT2D eigenvalue weighted by Gasteiger charge is 2.32. The van der Waals surface area contributed by atoms with Crippen molar-refractivity contribution >= 4 is 23.4 Å². The fourth-order valence-electron chi connectivity index (χ4n) is 2.73. The highest BCUT2D eigenvalue weighted by molar-refractivity contribution is 6.30. The van der Waals surface area contributed by atoms with E-state index in [1.165, 1.54) is 37.1 Å². The lowest BCUT2D eigenvalue weighted by atomic mass is 10.0. The van der Waals surface area contributed by atoms with Crippen LogP contribution in [0.1, 0.15) is 30.5 Å². The molecule has 2 rings (SSSR count). The third-order valence-corrected chi connectivity index (χ3v) is 4.31. The number of amides is 2. The van der Waals surface area contributed by atoms with E-state index in [2.05, 4.69) is 10.1 Å². The molecule has 0 heterocycles. The number of halogens is 4. The van der Waals surface area contributed by atoms with Gasteiger partial charge in [0, 0.05) is 31.1 Å². The summed E-state index contributed by atoms with van der Waals surface area (Å²) in [6, 6.07) is 11.7. The standard InChI is InChI=1S/C20H20ClF3N2O3/c1-13(27)25-17(14-7-9-16(21)10-8-14)11-19(28)26(2)12-15-5-3-4-6-18(15)29-20(22,23)24/h3-10,17H,11-12H2,1-2H3,(H,25,27). The first kappa shape index (κ1) is 22.5. The van der Waals surface area contributed by atoms with E-state index in [9.17, 15) is 22.8 Å². The van der Waals surface area contributed by atoms with Crippen LogP contribution in [0.2, 0.25) is 5.02 Å². The van der Waals surface area contributed by atoms with Crippen LogP contribution in [-0.4, -0.2) is 30.1 Å². The molecule has 2 aromatic rings. The van der Waals surface area contributed by atoms with Crippen LogP contribution in [0.25, 0.3) is 0 Å². The number of alkyl halides is 3. The Bertz CT molecular complexity index is 857. The summed E-state index contributed by atoms with van der Waals surface area (Å²) in [5, 5.41) is 3.22. The zero-order valence-corrected chi connectivity index (χ0v) is 16.6. The summed E-state index contributed by atoms with van der Waals surface area (Å²) in [5.41, 5.74) is 0.899. The van der Waals surface area contributed by atoms with E-state index in [-0.39, 0.29) is 36.1 Å². The maximum absolute atomic E-state index is 12.7.